The fourth-order valence-electron chi connectivity index (χ4n) is 12.9. The number of alkyl carbamates (subject to hydrolysis) is 2. The predicted molar refractivity (Wildman–Crippen MR) is 565 cm³/mol. The van der Waals surface area contributed by atoms with E-state index in [0.29, 0.717) is 73.8 Å². The Morgan fingerprint density at radius 1 is 0.313 bits per heavy atom. The number of hydrogen-bond acceptors (Lipinski definition) is 29. The lowest BCUT2D eigenvalue weighted by atomic mass is 9.71. The van der Waals surface area contributed by atoms with Crippen molar-refractivity contribution in [1.29, 1.82) is 0 Å². The highest BCUT2D eigenvalue weighted by molar-refractivity contribution is 7.99. The third-order valence-corrected chi connectivity index (χ3v) is 24.8. The number of allylic oxidation sites excluding steroid dienone is 1. The number of rotatable bonds is 57. The molecule has 0 fully saturated rings. The lowest BCUT2D eigenvalue weighted by Gasteiger charge is -2.32. The zero-order chi connectivity index (χ0) is 107. The molecule has 0 aliphatic carbocycles. The van der Waals surface area contributed by atoms with Crippen LogP contribution < -0.4 is 49.7 Å². The third-order valence-electron chi connectivity index (χ3n) is 20.9. The standard InChI is InChI=1S/C69H74Cl2N2O15S3.C43H48N2O11/c1-45(2)65(75)80-36-8-9-63(74)86-57(42-89-61-30-18-52(70)19-31-61)39-83-54-22-12-49(13-23-54)64(50-14-24-55(25-15-50)84-40-58(43-90-60-28-10-48(7)11-29-60)87-68(78)72-34-37-81-66(76)46(3)4)51-16-26-56(27-17-51)85-41-59(44-91-62-32-20-53(71)21-33-62)88-69(79)73-35-38-82-67(77)47(5)6;1-28(2)31(7)51-26-23-44-41(49)55-36-19-13-33(14-20-36)43(8,32-11-17-35(18-12-32)54-38(46)10-9-25-52-39(47)29(3)4)34-15-21-37(22-16-34)56-42(50)45-24-27-53-40(48)30(5)6/h10-33,57-59,64H,1,3,5,8-9,34-44H2,2,4,6-7H3,(H,72,78)(H,73,79);11-22H,1,3,5,7,9-10,23-27H2,2,4,6,8H3,(H,44,49)(H,45,50). The molecule has 9 aromatic carbocycles. The van der Waals surface area contributed by atoms with Gasteiger partial charge in [0, 0.05) is 94.0 Å². The molecule has 0 saturated heterocycles. The molecule has 0 spiro atoms. The van der Waals surface area contributed by atoms with Gasteiger partial charge in [-0.3, -0.25) is 9.59 Å². The Morgan fingerprint density at radius 2 is 0.585 bits per heavy atom. The number of esters is 7. The Morgan fingerprint density at radius 3 is 0.898 bits per heavy atom. The van der Waals surface area contributed by atoms with E-state index in [4.69, 9.17) is 94.3 Å². The topological polar surface area (TPSA) is 374 Å². The van der Waals surface area contributed by atoms with Gasteiger partial charge in [0.25, 0.3) is 0 Å². The minimum atomic E-state index is -0.812. The molecule has 778 valence electrons. The number of thioether (sulfide) groups is 3. The van der Waals surface area contributed by atoms with Gasteiger partial charge in [-0.25, -0.2) is 43.2 Å². The first kappa shape index (κ1) is 118. The molecule has 0 aliphatic rings. The van der Waals surface area contributed by atoms with E-state index >= 15 is 0 Å². The molecule has 4 N–H and O–H groups in total. The maximum atomic E-state index is 13.1. The van der Waals surface area contributed by atoms with Crippen molar-refractivity contribution in [3.8, 4) is 34.5 Å². The zero-order valence-corrected chi connectivity index (χ0v) is 87.2. The molecule has 5 unspecified atom stereocenters. The smallest absolute Gasteiger partial charge is 0.412 e. The molecule has 30 nitrogen and oxygen atoms in total. The number of nitrogens with one attached hydrogen (secondary N) is 4. The zero-order valence-electron chi connectivity index (χ0n) is 83.3. The largest absolute Gasteiger partial charge is 0.492 e. The van der Waals surface area contributed by atoms with Crippen LogP contribution in [0.1, 0.15) is 119 Å². The van der Waals surface area contributed by atoms with Crippen LogP contribution in [0.2, 0.25) is 10.0 Å². The molecule has 4 amide bonds. The van der Waals surface area contributed by atoms with Crippen LogP contribution >= 0.6 is 58.5 Å². The molecule has 0 aliphatic heterocycles. The molecule has 0 aromatic heterocycles. The number of hydrogen-bond donors (Lipinski definition) is 4. The minimum absolute atomic E-state index is 0.00533. The fourth-order valence-corrected chi connectivity index (χ4v) is 15.8. The summed E-state index contributed by atoms with van der Waals surface area (Å²) in [5.74, 6) is 0.00537. The average molecular weight is 2110 g/mol. The molecule has 0 bridgehead atoms. The number of carbonyl (C=O) groups is 11. The summed E-state index contributed by atoms with van der Waals surface area (Å²) in [4.78, 5) is 138. The summed E-state index contributed by atoms with van der Waals surface area (Å²) in [5, 5.41) is 11.6. The minimum Gasteiger partial charge on any atom is -0.492 e. The van der Waals surface area contributed by atoms with Crippen molar-refractivity contribution in [2.45, 2.75) is 125 Å². The van der Waals surface area contributed by atoms with Crippen LogP contribution in [0.3, 0.4) is 0 Å². The average Bonchev–Trinajstić information content (AvgIpc) is 0.759. The first-order valence-electron chi connectivity index (χ1n) is 46.6. The molecule has 35 heteroatoms. The van der Waals surface area contributed by atoms with Gasteiger partial charge in [0.1, 0.15) is 105 Å². The van der Waals surface area contributed by atoms with E-state index in [-0.39, 0.29) is 144 Å². The fraction of sp³-hybridized carbons (Fsp3) is 0.295. The molecule has 147 heavy (non-hydrogen) atoms. The lowest BCUT2D eigenvalue weighted by molar-refractivity contribution is -0.150. The van der Waals surface area contributed by atoms with Crippen LogP contribution in [0.5, 0.6) is 34.5 Å². The number of carbonyl (C=O) groups excluding carboxylic acids is 11. The van der Waals surface area contributed by atoms with Gasteiger partial charge in [-0.2, -0.15) is 0 Å². The van der Waals surface area contributed by atoms with Crippen molar-refractivity contribution in [2.75, 3.05) is 103 Å². The van der Waals surface area contributed by atoms with Crippen LogP contribution in [-0.2, 0) is 81.6 Å². The van der Waals surface area contributed by atoms with Gasteiger partial charge >= 0.3 is 66.2 Å². The molecule has 0 radical (unpaired) electrons. The highest BCUT2D eigenvalue weighted by atomic mass is 35.5. The Hall–Kier alpha value is -14.6. The first-order valence-corrected chi connectivity index (χ1v) is 50.3. The van der Waals surface area contributed by atoms with Gasteiger partial charge in [0.2, 0.25) is 0 Å². The summed E-state index contributed by atoms with van der Waals surface area (Å²) in [6.07, 6.45) is -4.19. The van der Waals surface area contributed by atoms with Crippen LogP contribution in [-0.4, -0.2) is 187 Å². The summed E-state index contributed by atoms with van der Waals surface area (Å²) < 4.78 is 83.6. The van der Waals surface area contributed by atoms with E-state index in [9.17, 15) is 52.7 Å². The summed E-state index contributed by atoms with van der Waals surface area (Å²) >= 11 is 16.7. The van der Waals surface area contributed by atoms with Crippen molar-refractivity contribution in [3.05, 3.63) is 353 Å². The normalized spacial score (nSPS) is 11.9. The monoisotopic (exact) mass is 2100 g/mol. The van der Waals surface area contributed by atoms with E-state index in [0.717, 1.165) is 53.6 Å². The van der Waals surface area contributed by atoms with E-state index < -0.39 is 89.9 Å². The van der Waals surface area contributed by atoms with E-state index in [2.05, 4.69) is 67.3 Å². The molecular weight excluding hydrogens is 1980 g/mol. The summed E-state index contributed by atoms with van der Waals surface area (Å²) in [7, 11) is 0. The molecule has 9 rings (SSSR count). The first-order chi connectivity index (χ1) is 70.3. The van der Waals surface area contributed by atoms with Crippen LogP contribution in [0.15, 0.2) is 318 Å². The maximum absolute atomic E-state index is 13.1. The number of halogens is 2. The molecule has 0 heterocycles. The van der Waals surface area contributed by atoms with Crippen molar-refractivity contribution in [1.82, 2.24) is 21.3 Å². The van der Waals surface area contributed by atoms with Gasteiger partial charge in [-0.05, 0) is 241 Å². The van der Waals surface area contributed by atoms with Crippen molar-refractivity contribution >= 4 is 125 Å². The van der Waals surface area contributed by atoms with E-state index in [1.54, 1.807) is 81.4 Å². The SMILES string of the molecule is C=C(C)C(=C)OCCNC(=O)Oc1ccc(C(C)(c2ccc(OC(=O)CCCOC(=O)C(=C)C)cc2)c2ccc(OC(=O)NCCOC(=O)C(=C)C)cc2)cc1.C=C(C)C(=O)OCCCC(=O)OC(COc1ccc(C(c2ccc(OCC(CSc3ccc(C)cc3)OC(=O)NCCOC(=O)C(=C)C)cc2)c2ccc(OCC(CSc3ccc(Cl)cc3)OC(=O)NCCOC(=O)C(=C)C)cc2)cc1)CSc1ccc(Cl)cc1. The number of aryl methyl sites for hydroxylation is 1. The summed E-state index contributed by atoms with van der Waals surface area (Å²) in [5.41, 5.74) is 7.44. The number of benzene rings is 9. The van der Waals surface area contributed by atoms with Crippen LogP contribution in [0, 0.1) is 6.92 Å². The van der Waals surface area contributed by atoms with E-state index in [1.807, 2.05) is 172 Å². The summed E-state index contributed by atoms with van der Waals surface area (Å²) in [6.45, 7) is 39.3. The second-order valence-corrected chi connectivity index (χ2v) is 37.5. The van der Waals surface area contributed by atoms with Crippen molar-refractivity contribution < 1.29 is 124 Å². The molecule has 9 aromatic rings. The highest BCUT2D eigenvalue weighted by Crippen LogP contribution is 2.42. The Labute approximate surface area is 879 Å². The maximum Gasteiger partial charge on any atom is 0.412 e. The van der Waals surface area contributed by atoms with Crippen molar-refractivity contribution in [2.24, 2.45) is 0 Å². The second kappa shape index (κ2) is 62.3. The third kappa shape index (κ3) is 43.3. The van der Waals surface area contributed by atoms with Gasteiger partial charge in [0.05, 0.1) is 39.4 Å². The highest BCUT2D eigenvalue weighted by Gasteiger charge is 2.33. The van der Waals surface area contributed by atoms with Gasteiger partial charge in [0.15, 0.2) is 0 Å². The second-order valence-electron chi connectivity index (χ2n) is 33.4. The van der Waals surface area contributed by atoms with Gasteiger partial charge in [-0.1, -0.05) is 160 Å². The molecular formula is C112H122Cl2N4O26S3. The predicted octanol–water partition coefficient (Wildman–Crippen LogP) is 21.5. The Kier molecular flexibility index (Phi) is 49.8. The van der Waals surface area contributed by atoms with Gasteiger partial charge < -0.3 is 92.3 Å². The van der Waals surface area contributed by atoms with E-state index in [1.165, 1.54) is 56.1 Å². The van der Waals surface area contributed by atoms with Crippen LogP contribution in [0.4, 0.5) is 19.2 Å². The van der Waals surface area contributed by atoms with Crippen molar-refractivity contribution in [3.63, 3.8) is 0 Å². The number of amides is 4. The Balaban J connectivity index is 0.000000402. The quantitative estimate of drug-likeness (QED) is 0.00316. The summed E-state index contributed by atoms with van der Waals surface area (Å²) in [6, 6.07) is 66.5. The molecule has 5 atom stereocenters. The lowest BCUT2D eigenvalue weighted by Crippen LogP contribution is -2.35. The Bertz CT molecular complexity index is 5400. The van der Waals surface area contributed by atoms with Crippen LogP contribution in [0.25, 0.3) is 0 Å². The molecule has 0 saturated carbocycles. The number of ether oxygens (including phenoxy) is 15. The van der Waals surface area contributed by atoms with Gasteiger partial charge in [-0.15, -0.1) is 35.3 Å².